The Kier molecular flexibility index (Phi) is 4.71. The van der Waals surface area contributed by atoms with E-state index in [4.69, 9.17) is 0 Å². The minimum absolute atomic E-state index is 0.129. The summed E-state index contributed by atoms with van der Waals surface area (Å²) >= 11 is 2.75. The third kappa shape index (κ3) is 3.35. The first-order valence-corrected chi connectivity index (χ1v) is 11.4. The molecule has 0 bridgehead atoms. The third-order valence-electron chi connectivity index (χ3n) is 5.08. The van der Waals surface area contributed by atoms with Gasteiger partial charge in [0.05, 0.1) is 17.1 Å². The highest BCUT2D eigenvalue weighted by molar-refractivity contribution is 7.21. The van der Waals surface area contributed by atoms with E-state index in [9.17, 15) is 9.59 Å². The summed E-state index contributed by atoms with van der Waals surface area (Å²) in [6.07, 6.45) is -0.493. The number of anilines is 3. The van der Waals surface area contributed by atoms with Crippen LogP contribution in [0.1, 0.15) is 39.7 Å². The number of carbonyl (C=O) groups excluding carboxylic acids is 2. The van der Waals surface area contributed by atoms with Crippen LogP contribution in [-0.2, 0) is 4.79 Å². The molecule has 1 aliphatic rings. The monoisotopic (exact) mass is 449 g/mol. The van der Waals surface area contributed by atoms with Gasteiger partial charge in [-0.05, 0) is 37.6 Å². The molecule has 1 aromatic carbocycles. The third-order valence-corrected chi connectivity index (χ3v) is 7.01. The van der Waals surface area contributed by atoms with E-state index in [1.165, 1.54) is 29.6 Å². The number of hydrogen-bond donors (Lipinski definition) is 2. The van der Waals surface area contributed by atoms with E-state index in [0.29, 0.717) is 15.7 Å². The van der Waals surface area contributed by atoms with Gasteiger partial charge in [0.15, 0.2) is 5.13 Å². The highest BCUT2D eigenvalue weighted by Gasteiger charge is 2.31. The molecule has 31 heavy (non-hydrogen) atoms. The van der Waals surface area contributed by atoms with Crippen molar-refractivity contribution < 1.29 is 9.59 Å². The van der Waals surface area contributed by atoms with Crippen LogP contribution < -0.4 is 15.5 Å². The zero-order valence-corrected chi connectivity index (χ0v) is 18.7. The number of nitrogens with zero attached hydrogens (tertiary/aromatic N) is 3. The number of thiophene rings is 1. The number of aryl methyl sites for hydroxylation is 2. The van der Waals surface area contributed by atoms with Crippen molar-refractivity contribution in [3.05, 3.63) is 63.6 Å². The van der Waals surface area contributed by atoms with E-state index in [2.05, 4.69) is 20.6 Å². The van der Waals surface area contributed by atoms with Crippen LogP contribution in [0.2, 0.25) is 0 Å². The van der Waals surface area contributed by atoms with Gasteiger partial charge >= 0.3 is 0 Å². The molecule has 4 heterocycles. The molecule has 5 rings (SSSR count). The van der Waals surface area contributed by atoms with Crippen molar-refractivity contribution >= 4 is 61.2 Å². The lowest BCUT2D eigenvalue weighted by Gasteiger charge is -2.25. The molecule has 2 amide bonds. The molecule has 0 aliphatic carbocycles. The van der Waals surface area contributed by atoms with Crippen LogP contribution in [0, 0.1) is 13.8 Å². The molecule has 7 nitrogen and oxygen atoms in total. The predicted molar refractivity (Wildman–Crippen MR) is 124 cm³/mol. The smallest absolute Gasteiger partial charge is 0.265 e. The summed E-state index contributed by atoms with van der Waals surface area (Å²) < 4.78 is 0. The molecule has 0 radical (unpaired) electrons. The van der Waals surface area contributed by atoms with Gasteiger partial charge < -0.3 is 10.6 Å². The highest BCUT2D eigenvalue weighted by atomic mass is 32.1. The molecule has 4 aromatic rings. The van der Waals surface area contributed by atoms with Gasteiger partial charge in [-0.15, -0.1) is 22.7 Å². The second-order valence-electron chi connectivity index (χ2n) is 7.36. The fraction of sp³-hybridized carbons (Fsp3) is 0.182. The summed E-state index contributed by atoms with van der Waals surface area (Å²) in [6, 6.07) is 11.4. The molecule has 9 heteroatoms. The maximum atomic E-state index is 12.8. The van der Waals surface area contributed by atoms with Crippen LogP contribution in [0.25, 0.3) is 10.2 Å². The fourth-order valence-corrected chi connectivity index (χ4v) is 5.85. The highest BCUT2D eigenvalue weighted by Crippen LogP contribution is 2.41. The maximum Gasteiger partial charge on any atom is 0.265 e. The van der Waals surface area contributed by atoms with Gasteiger partial charge in [-0.1, -0.05) is 18.2 Å². The summed E-state index contributed by atoms with van der Waals surface area (Å²) in [6.45, 7) is 5.49. The average molecular weight is 450 g/mol. The summed E-state index contributed by atoms with van der Waals surface area (Å²) in [5, 5.41) is 9.79. The molecular weight excluding hydrogens is 430 g/mol. The molecule has 0 fully saturated rings. The number of nitrogens with one attached hydrogen (secondary N) is 2. The molecular formula is C22H19N5O2S2. The number of thiazole rings is 1. The van der Waals surface area contributed by atoms with Crippen LogP contribution in [0.4, 0.5) is 16.5 Å². The van der Waals surface area contributed by atoms with Gasteiger partial charge in [0.1, 0.15) is 15.9 Å². The van der Waals surface area contributed by atoms with Crippen molar-refractivity contribution in [3.63, 3.8) is 0 Å². The Morgan fingerprint density at radius 3 is 2.65 bits per heavy atom. The Balaban J connectivity index is 1.51. The second-order valence-corrected chi connectivity index (χ2v) is 9.20. The van der Waals surface area contributed by atoms with Crippen LogP contribution in [-0.4, -0.2) is 21.8 Å². The predicted octanol–water partition coefficient (Wildman–Crippen LogP) is 4.91. The SMILES string of the molecule is CC(=O)N(c1ccccc1)c1nc(C2NC(=O)c3sc4nc(C)cc(C)c4c3N2)cs1. The van der Waals surface area contributed by atoms with Gasteiger partial charge in [0.2, 0.25) is 5.91 Å². The van der Waals surface area contributed by atoms with Crippen molar-refractivity contribution in [2.45, 2.75) is 26.9 Å². The number of aromatic nitrogens is 2. The van der Waals surface area contributed by atoms with Gasteiger partial charge in [0, 0.05) is 23.4 Å². The first-order chi connectivity index (χ1) is 14.9. The summed E-state index contributed by atoms with van der Waals surface area (Å²) in [7, 11) is 0. The van der Waals surface area contributed by atoms with Crippen molar-refractivity contribution in [2.75, 3.05) is 10.2 Å². The fourth-order valence-electron chi connectivity index (χ4n) is 3.78. The van der Waals surface area contributed by atoms with E-state index in [1.54, 1.807) is 4.90 Å². The molecule has 0 spiro atoms. The summed E-state index contributed by atoms with van der Waals surface area (Å²) in [5.74, 6) is -0.282. The lowest BCUT2D eigenvalue weighted by molar-refractivity contribution is -0.115. The minimum atomic E-state index is -0.493. The van der Waals surface area contributed by atoms with E-state index in [0.717, 1.165) is 32.8 Å². The number of rotatable bonds is 3. The quantitative estimate of drug-likeness (QED) is 0.464. The molecule has 1 aliphatic heterocycles. The molecule has 0 saturated heterocycles. The maximum absolute atomic E-state index is 12.8. The molecule has 1 unspecified atom stereocenters. The standard InChI is InChI=1S/C22H19N5O2S2/c1-11-9-12(2)23-21-16(11)17-18(31-21)20(29)26-19(25-17)15-10-30-22(24-15)27(13(3)28)14-7-5-4-6-8-14/h4-10,19,25H,1-3H3,(H,26,29). The van der Waals surface area contributed by atoms with Gasteiger partial charge in [-0.25, -0.2) is 9.97 Å². The Bertz CT molecular complexity index is 1330. The van der Waals surface area contributed by atoms with Crippen LogP contribution in [0.15, 0.2) is 41.8 Å². The van der Waals surface area contributed by atoms with E-state index < -0.39 is 6.17 Å². The zero-order valence-electron chi connectivity index (χ0n) is 17.1. The first-order valence-electron chi connectivity index (χ1n) is 9.71. The van der Waals surface area contributed by atoms with Crippen molar-refractivity contribution in [1.29, 1.82) is 0 Å². The summed E-state index contributed by atoms with van der Waals surface area (Å²) in [4.78, 5) is 37.5. The van der Waals surface area contributed by atoms with Gasteiger partial charge in [-0.3, -0.25) is 14.5 Å². The lowest BCUT2D eigenvalue weighted by Crippen LogP contribution is -2.37. The number of amides is 2. The number of benzene rings is 1. The number of pyridine rings is 1. The van der Waals surface area contributed by atoms with Crippen LogP contribution in [0.3, 0.4) is 0 Å². The Morgan fingerprint density at radius 1 is 1.13 bits per heavy atom. The van der Waals surface area contributed by atoms with Crippen molar-refractivity contribution in [2.24, 2.45) is 0 Å². The Morgan fingerprint density at radius 2 is 1.90 bits per heavy atom. The molecule has 0 saturated carbocycles. The van der Waals surface area contributed by atoms with E-state index in [1.807, 2.05) is 55.6 Å². The lowest BCUT2D eigenvalue weighted by atomic mass is 10.1. The molecule has 3 aromatic heterocycles. The largest absolute Gasteiger partial charge is 0.358 e. The number of fused-ring (bicyclic) bond motifs is 3. The van der Waals surface area contributed by atoms with Gasteiger partial charge in [0.25, 0.3) is 5.91 Å². The molecule has 2 N–H and O–H groups in total. The Labute approximate surface area is 186 Å². The number of hydrogen-bond acceptors (Lipinski definition) is 7. The van der Waals surface area contributed by atoms with Crippen molar-refractivity contribution in [1.82, 2.24) is 15.3 Å². The van der Waals surface area contributed by atoms with Crippen molar-refractivity contribution in [3.8, 4) is 0 Å². The van der Waals surface area contributed by atoms with Crippen LogP contribution >= 0.6 is 22.7 Å². The minimum Gasteiger partial charge on any atom is -0.358 e. The number of carbonyl (C=O) groups is 2. The topological polar surface area (TPSA) is 87.2 Å². The summed E-state index contributed by atoms with van der Waals surface area (Å²) in [5.41, 5.74) is 4.19. The number of para-hydroxylation sites is 1. The second kappa shape index (κ2) is 7.44. The van der Waals surface area contributed by atoms with E-state index in [-0.39, 0.29) is 11.8 Å². The Hall–Kier alpha value is -3.30. The molecule has 156 valence electrons. The van der Waals surface area contributed by atoms with Crippen LogP contribution in [0.5, 0.6) is 0 Å². The normalized spacial score (nSPS) is 15.3. The molecule has 1 atom stereocenters. The van der Waals surface area contributed by atoms with E-state index >= 15 is 0 Å². The zero-order chi connectivity index (χ0) is 21.7. The van der Waals surface area contributed by atoms with Gasteiger partial charge in [-0.2, -0.15) is 0 Å². The average Bonchev–Trinajstić information content (AvgIpc) is 3.34. The first kappa shape index (κ1) is 19.7.